The summed E-state index contributed by atoms with van der Waals surface area (Å²) in [5.74, 6) is -4.25. The van der Waals surface area contributed by atoms with E-state index in [4.69, 9.17) is 4.74 Å². The molecule has 0 radical (unpaired) electrons. The maximum Gasteiger partial charge on any atom is 0.241 e. The van der Waals surface area contributed by atoms with Gasteiger partial charge in [-0.1, -0.05) is 29.8 Å². The van der Waals surface area contributed by atoms with Crippen LogP contribution in [0.4, 0.5) is 11.4 Å². The van der Waals surface area contributed by atoms with Crippen molar-refractivity contribution in [2.75, 3.05) is 16.9 Å². The fourth-order valence-electron chi connectivity index (χ4n) is 8.00. The lowest BCUT2D eigenvalue weighted by Crippen LogP contribution is -2.49. The van der Waals surface area contributed by atoms with E-state index < -0.39 is 35.0 Å². The zero-order valence-corrected chi connectivity index (χ0v) is 29.5. The Balaban J connectivity index is 1.41. The number of ether oxygens (including phenoxy) is 1. The van der Waals surface area contributed by atoms with Gasteiger partial charge in [-0.25, -0.2) is 4.90 Å². The molecule has 3 fully saturated rings. The summed E-state index contributed by atoms with van der Waals surface area (Å²) in [4.78, 5) is 59.5. The van der Waals surface area contributed by atoms with Crippen molar-refractivity contribution in [3.8, 4) is 11.5 Å². The molecule has 0 spiro atoms. The molecule has 4 amide bonds. The molecule has 230 valence electrons. The van der Waals surface area contributed by atoms with Crippen molar-refractivity contribution in [2.24, 2.45) is 29.1 Å². The lowest BCUT2D eigenvalue weighted by molar-refractivity contribution is -0.131. The summed E-state index contributed by atoms with van der Waals surface area (Å²) in [7, 11) is 1.45. The number of para-hydroxylation sites is 1. The first-order chi connectivity index (χ1) is 21.5. The van der Waals surface area contributed by atoms with Gasteiger partial charge in [0, 0.05) is 14.0 Å². The van der Waals surface area contributed by atoms with E-state index in [9.17, 15) is 24.3 Å². The third-order valence-electron chi connectivity index (χ3n) is 10.1. The maximum atomic E-state index is 14.6. The summed E-state index contributed by atoms with van der Waals surface area (Å²) in [5.41, 5.74) is 1.26. The largest absolute Gasteiger partial charge is 0.503 e. The number of halogens is 3. The van der Waals surface area contributed by atoms with Crippen LogP contribution in [0, 0.1) is 32.7 Å². The zero-order valence-electron chi connectivity index (χ0n) is 24.2. The Kier molecular flexibility index (Phi) is 7.52. The Hall–Kier alpha value is -3.03. The molecule has 2 aliphatic carbocycles. The predicted octanol–water partition coefficient (Wildman–Crippen LogP) is 6.97. The number of carbonyl (C=O) groups excluding carboxylic acids is 4. The molecule has 2 heterocycles. The SMILES string of the molecule is COc1cc(C2C3=CCC4C(=O)N(c5ccc(I)cc5)C(=O)C4C3CC3C(=O)N(c4ccccc4)C(=O)C32C)c(Br)c(Br)c1O. The third-order valence-corrected chi connectivity index (χ3v) is 13.0. The molecule has 1 saturated carbocycles. The molecule has 6 unspecified atom stereocenters. The van der Waals surface area contributed by atoms with Crippen LogP contribution < -0.4 is 14.5 Å². The van der Waals surface area contributed by atoms with Gasteiger partial charge in [-0.2, -0.15) is 0 Å². The molecule has 45 heavy (non-hydrogen) atoms. The molecule has 1 N–H and O–H groups in total. The summed E-state index contributed by atoms with van der Waals surface area (Å²) in [6.45, 7) is 1.83. The number of aromatic hydroxyl groups is 1. The van der Waals surface area contributed by atoms with Gasteiger partial charge in [0.05, 0.1) is 46.1 Å². The Labute approximate surface area is 290 Å². The average Bonchev–Trinajstić information content (AvgIpc) is 3.41. The van der Waals surface area contributed by atoms with Gasteiger partial charge in [-0.05, 0) is 128 Å². The monoisotopic (exact) mass is 844 g/mol. The minimum Gasteiger partial charge on any atom is -0.503 e. The Morgan fingerprint density at radius 1 is 0.889 bits per heavy atom. The van der Waals surface area contributed by atoms with Crippen LogP contribution in [0.3, 0.4) is 0 Å². The van der Waals surface area contributed by atoms with Crippen LogP contribution >= 0.6 is 54.5 Å². The molecule has 4 aliphatic rings. The van der Waals surface area contributed by atoms with Crippen molar-refractivity contribution in [3.63, 3.8) is 0 Å². The van der Waals surface area contributed by atoms with Crippen LogP contribution in [0.2, 0.25) is 0 Å². The van der Waals surface area contributed by atoms with Crippen molar-refractivity contribution < 1.29 is 29.0 Å². The highest BCUT2D eigenvalue weighted by Crippen LogP contribution is 2.65. The predicted molar refractivity (Wildman–Crippen MR) is 183 cm³/mol. The fraction of sp³-hybridized carbons (Fsp3) is 0.294. The van der Waals surface area contributed by atoms with E-state index in [0.29, 0.717) is 32.3 Å². The second-order valence-corrected chi connectivity index (χ2v) is 15.0. The van der Waals surface area contributed by atoms with Crippen LogP contribution in [-0.4, -0.2) is 35.8 Å². The number of allylic oxidation sites excluding steroid dienone is 2. The number of amides is 4. The minimum absolute atomic E-state index is 0.107. The molecule has 6 atom stereocenters. The van der Waals surface area contributed by atoms with Crippen LogP contribution in [0.5, 0.6) is 11.5 Å². The van der Waals surface area contributed by atoms with Crippen molar-refractivity contribution in [3.05, 3.63) is 90.4 Å². The Morgan fingerprint density at radius 3 is 2.22 bits per heavy atom. The third kappa shape index (κ3) is 4.32. The number of anilines is 2. The van der Waals surface area contributed by atoms with Crippen molar-refractivity contribution in [1.82, 2.24) is 0 Å². The number of benzene rings is 3. The molecule has 2 saturated heterocycles. The molecule has 2 aliphatic heterocycles. The second kappa shape index (κ2) is 11.0. The fourth-order valence-corrected chi connectivity index (χ4v) is 9.32. The van der Waals surface area contributed by atoms with Gasteiger partial charge in [0.25, 0.3) is 0 Å². The topological polar surface area (TPSA) is 104 Å². The highest BCUT2D eigenvalue weighted by Gasteiger charge is 2.68. The molecule has 3 aromatic rings. The highest BCUT2D eigenvalue weighted by molar-refractivity contribution is 14.1. The first-order valence-electron chi connectivity index (χ1n) is 14.5. The van der Waals surface area contributed by atoms with Crippen LogP contribution in [0.25, 0.3) is 0 Å². The van der Waals surface area contributed by atoms with Gasteiger partial charge in [0.15, 0.2) is 11.5 Å². The smallest absolute Gasteiger partial charge is 0.241 e. The quantitative estimate of drug-likeness (QED) is 0.173. The average molecular weight is 846 g/mol. The van der Waals surface area contributed by atoms with Gasteiger partial charge < -0.3 is 9.84 Å². The standard InChI is InChI=1S/C34H27Br2IN2O6/c1-34-23(31(42)39(33(34)44)17-6-4-3-5-7-17)14-21-19(26(34)22-15-24(45-2)29(40)28(36)27(22)35)12-13-20-25(21)32(43)38(30(20)41)18-10-8-16(37)9-11-18/h3-12,15,20-21,23,25-26,40H,13-14H2,1-2H3. The number of hydrogen-bond acceptors (Lipinski definition) is 6. The number of nitrogens with zero attached hydrogens (tertiary/aromatic N) is 2. The van der Waals surface area contributed by atoms with E-state index in [1.807, 2.05) is 31.2 Å². The van der Waals surface area contributed by atoms with E-state index in [0.717, 1.165) is 9.14 Å². The van der Waals surface area contributed by atoms with Gasteiger partial charge in [0.1, 0.15) is 0 Å². The molecule has 0 aromatic heterocycles. The van der Waals surface area contributed by atoms with Gasteiger partial charge in [-0.15, -0.1) is 0 Å². The van der Waals surface area contributed by atoms with Crippen LogP contribution in [0.1, 0.15) is 31.2 Å². The van der Waals surface area contributed by atoms with Crippen molar-refractivity contribution in [1.29, 1.82) is 0 Å². The van der Waals surface area contributed by atoms with Gasteiger partial charge in [0.2, 0.25) is 23.6 Å². The number of phenolic OH excluding ortho intramolecular Hbond substituents is 1. The summed E-state index contributed by atoms with van der Waals surface area (Å²) in [6.07, 6.45) is 2.59. The summed E-state index contributed by atoms with van der Waals surface area (Å²) >= 11 is 9.32. The molecular weight excluding hydrogens is 819 g/mol. The van der Waals surface area contributed by atoms with E-state index in [-0.39, 0.29) is 41.5 Å². The Bertz CT molecular complexity index is 1830. The van der Waals surface area contributed by atoms with Crippen LogP contribution in [0.15, 0.2) is 81.3 Å². The molecule has 3 aromatic carbocycles. The number of methoxy groups -OCH3 is 1. The first kappa shape index (κ1) is 30.6. The van der Waals surface area contributed by atoms with Gasteiger partial charge >= 0.3 is 0 Å². The molecule has 7 rings (SSSR count). The summed E-state index contributed by atoms with van der Waals surface area (Å²) < 4.78 is 7.37. The highest BCUT2D eigenvalue weighted by atomic mass is 127. The summed E-state index contributed by atoms with van der Waals surface area (Å²) in [5, 5.41) is 10.8. The molecule has 8 nitrogen and oxygen atoms in total. The number of imide groups is 2. The molecular formula is C34H27Br2IN2O6. The number of phenols is 1. The number of hydrogen-bond donors (Lipinski definition) is 1. The van der Waals surface area contributed by atoms with Crippen LogP contribution in [-0.2, 0) is 19.2 Å². The van der Waals surface area contributed by atoms with E-state index in [1.165, 1.54) is 16.9 Å². The minimum atomic E-state index is -1.23. The van der Waals surface area contributed by atoms with Gasteiger partial charge in [-0.3, -0.25) is 24.1 Å². The number of rotatable bonds is 4. The van der Waals surface area contributed by atoms with E-state index in [2.05, 4.69) is 54.5 Å². The van der Waals surface area contributed by atoms with E-state index >= 15 is 0 Å². The molecule has 11 heteroatoms. The Morgan fingerprint density at radius 2 is 1.56 bits per heavy atom. The number of carbonyl (C=O) groups is 4. The van der Waals surface area contributed by atoms with Crippen molar-refractivity contribution in [2.45, 2.75) is 25.7 Å². The molecule has 0 bridgehead atoms. The second-order valence-electron chi connectivity index (χ2n) is 12.1. The summed E-state index contributed by atoms with van der Waals surface area (Å²) in [6, 6.07) is 17.8. The van der Waals surface area contributed by atoms with Crippen molar-refractivity contribution >= 4 is 89.5 Å². The zero-order chi connectivity index (χ0) is 31.9. The normalized spacial score (nSPS) is 29.0. The lowest BCUT2D eigenvalue weighted by Gasteiger charge is -2.49. The first-order valence-corrected chi connectivity index (χ1v) is 17.2. The lowest BCUT2D eigenvalue weighted by atomic mass is 9.51. The number of fused-ring (bicyclic) bond motifs is 4. The maximum absolute atomic E-state index is 14.6. The van der Waals surface area contributed by atoms with E-state index in [1.54, 1.807) is 42.5 Å².